The predicted molar refractivity (Wildman–Crippen MR) is 78.8 cm³/mol. The van der Waals surface area contributed by atoms with E-state index in [4.69, 9.17) is 9.88 Å². The van der Waals surface area contributed by atoms with Crippen molar-refractivity contribution in [2.75, 3.05) is 24.3 Å². The number of anilines is 1. The van der Waals surface area contributed by atoms with Crippen LogP contribution in [0.3, 0.4) is 0 Å². The number of nitrogens with zero attached hydrogens (tertiary/aromatic N) is 1. The minimum Gasteiger partial charge on any atom is -0.465 e. The van der Waals surface area contributed by atoms with E-state index in [1.54, 1.807) is 6.07 Å². The van der Waals surface area contributed by atoms with Gasteiger partial charge in [-0.1, -0.05) is 0 Å². The Kier molecular flexibility index (Phi) is 4.35. The second-order valence-corrected chi connectivity index (χ2v) is 7.87. The van der Waals surface area contributed by atoms with Gasteiger partial charge in [0.25, 0.3) is 0 Å². The maximum atomic E-state index is 12.1. The molecule has 1 unspecified atom stereocenters. The Morgan fingerprint density at radius 2 is 2.24 bits per heavy atom. The number of ether oxygens (including phenoxy) is 1. The first kappa shape index (κ1) is 15.9. The maximum absolute atomic E-state index is 12.1. The number of sulfonamides is 1. The lowest BCUT2D eigenvalue weighted by atomic mass is 10.1. The molecule has 1 saturated heterocycles. The summed E-state index contributed by atoms with van der Waals surface area (Å²) >= 11 is 1.30. The molecule has 1 aliphatic heterocycles. The monoisotopic (exact) mass is 332 g/mol. The zero-order valence-corrected chi connectivity index (χ0v) is 13.3. The fourth-order valence-electron chi connectivity index (χ4n) is 2.38. The van der Waals surface area contributed by atoms with Crippen LogP contribution in [0.1, 0.15) is 21.7 Å². The number of amides is 1. The summed E-state index contributed by atoms with van der Waals surface area (Å²) < 4.78 is 27.0. The number of hydrogen-bond donors (Lipinski definition) is 1. The molecular weight excluding hydrogens is 316 g/mol. The third kappa shape index (κ3) is 3.60. The largest absolute Gasteiger partial charge is 0.465 e. The number of methoxy groups -OCH3 is 1. The van der Waals surface area contributed by atoms with E-state index in [0.29, 0.717) is 10.6 Å². The van der Waals surface area contributed by atoms with Crippen LogP contribution in [0.15, 0.2) is 6.07 Å². The van der Waals surface area contributed by atoms with E-state index in [9.17, 15) is 18.0 Å². The Labute approximate surface area is 126 Å². The van der Waals surface area contributed by atoms with Gasteiger partial charge in [0, 0.05) is 23.8 Å². The van der Waals surface area contributed by atoms with Crippen molar-refractivity contribution in [2.24, 2.45) is 11.1 Å². The fourth-order valence-corrected chi connectivity index (χ4v) is 4.28. The van der Waals surface area contributed by atoms with Gasteiger partial charge >= 0.3 is 5.97 Å². The summed E-state index contributed by atoms with van der Waals surface area (Å²) in [6.45, 7) is 2.06. The highest BCUT2D eigenvalue weighted by Gasteiger charge is 2.35. The average molecular weight is 332 g/mol. The van der Waals surface area contributed by atoms with Crippen LogP contribution < -0.4 is 10.0 Å². The molecule has 116 valence electrons. The van der Waals surface area contributed by atoms with E-state index >= 15 is 0 Å². The Bertz CT molecular complexity index is 680. The molecular formula is C12H16N2O5S2. The van der Waals surface area contributed by atoms with Crippen LogP contribution in [0.5, 0.6) is 0 Å². The smallest absolute Gasteiger partial charge is 0.340 e. The van der Waals surface area contributed by atoms with E-state index in [0.717, 1.165) is 4.88 Å². The molecule has 9 heteroatoms. The first-order valence-corrected chi connectivity index (χ1v) is 8.74. The summed E-state index contributed by atoms with van der Waals surface area (Å²) in [6, 6.07) is 1.66. The van der Waals surface area contributed by atoms with E-state index < -0.39 is 16.0 Å². The summed E-state index contributed by atoms with van der Waals surface area (Å²) in [5.41, 5.74) is 0.324. The molecule has 0 aromatic carbocycles. The first-order valence-electron chi connectivity index (χ1n) is 6.21. The lowest BCUT2D eigenvalue weighted by Gasteiger charge is -2.16. The topological polar surface area (TPSA) is 107 Å². The van der Waals surface area contributed by atoms with Gasteiger partial charge in [-0.05, 0) is 13.0 Å². The molecule has 0 aliphatic carbocycles. The quantitative estimate of drug-likeness (QED) is 0.807. The minimum absolute atomic E-state index is 0.105. The van der Waals surface area contributed by atoms with Crippen molar-refractivity contribution in [3.05, 3.63) is 16.5 Å². The molecule has 1 atom stereocenters. The van der Waals surface area contributed by atoms with Gasteiger partial charge in [0.1, 0.15) is 5.00 Å². The summed E-state index contributed by atoms with van der Waals surface area (Å²) in [5.74, 6) is -1.33. The van der Waals surface area contributed by atoms with Gasteiger partial charge in [-0.25, -0.2) is 18.4 Å². The second-order valence-electron chi connectivity index (χ2n) is 4.97. The zero-order chi connectivity index (χ0) is 15.8. The normalized spacial score (nSPS) is 19.1. The van der Waals surface area contributed by atoms with Crippen LogP contribution in [0.4, 0.5) is 5.00 Å². The third-order valence-corrected chi connectivity index (χ3v) is 5.17. The van der Waals surface area contributed by atoms with Crippen molar-refractivity contribution in [1.29, 1.82) is 0 Å². The lowest BCUT2D eigenvalue weighted by molar-refractivity contribution is -0.117. The highest BCUT2D eigenvalue weighted by Crippen LogP contribution is 2.35. The molecule has 7 nitrogen and oxygen atoms in total. The van der Waals surface area contributed by atoms with Crippen molar-refractivity contribution in [3.8, 4) is 0 Å². The van der Waals surface area contributed by atoms with Crippen molar-refractivity contribution in [1.82, 2.24) is 0 Å². The molecule has 0 bridgehead atoms. The van der Waals surface area contributed by atoms with Crippen LogP contribution in [-0.2, 0) is 19.6 Å². The highest BCUT2D eigenvalue weighted by atomic mass is 32.2. The van der Waals surface area contributed by atoms with Gasteiger partial charge in [-0.2, -0.15) is 0 Å². The molecule has 1 amide bonds. The molecule has 1 aliphatic rings. The average Bonchev–Trinajstić information content (AvgIpc) is 2.89. The van der Waals surface area contributed by atoms with Crippen molar-refractivity contribution < 1.29 is 22.7 Å². The first-order chi connectivity index (χ1) is 9.71. The van der Waals surface area contributed by atoms with Gasteiger partial charge in [-0.3, -0.25) is 4.79 Å². The number of esters is 1. The molecule has 21 heavy (non-hydrogen) atoms. The minimum atomic E-state index is -3.63. The fraction of sp³-hybridized carbons (Fsp3) is 0.500. The molecule has 0 radical (unpaired) electrons. The lowest BCUT2D eigenvalue weighted by Crippen LogP contribution is -2.28. The van der Waals surface area contributed by atoms with Crippen LogP contribution in [0.2, 0.25) is 0 Å². The summed E-state index contributed by atoms with van der Waals surface area (Å²) in [4.78, 5) is 26.2. The van der Waals surface area contributed by atoms with Gasteiger partial charge < -0.3 is 9.64 Å². The highest BCUT2D eigenvalue weighted by molar-refractivity contribution is 7.89. The molecule has 2 N–H and O–H groups in total. The molecule has 1 aromatic rings. The predicted octanol–water partition coefficient (Wildman–Crippen LogP) is 0.485. The molecule has 0 spiro atoms. The number of carbonyl (C=O) groups excluding carboxylic acids is 2. The van der Waals surface area contributed by atoms with Crippen LogP contribution >= 0.6 is 11.3 Å². The van der Waals surface area contributed by atoms with Crippen molar-refractivity contribution in [3.63, 3.8) is 0 Å². The second kappa shape index (κ2) is 5.74. The number of rotatable bonds is 4. The van der Waals surface area contributed by atoms with Gasteiger partial charge in [0.05, 0.1) is 18.4 Å². The standard InChI is InChI=1S/C12H16N2O5S2/c1-7-3-9(12(16)19-2)11(20-7)14-5-8(4-10(14)15)6-21(13,17)18/h3,8H,4-6H2,1-2H3,(H2,13,17,18). The Morgan fingerprint density at radius 1 is 1.57 bits per heavy atom. The number of hydrogen-bond acceptors (Lipinski definition) is 6. The number of carbonyl (C=O) groups is 2. The zero-order valence-electron chi connectivity index (χ0n) is 11.7. The SMILES string of the molecule is COC(=O)c1cc(C)sc1N1CC(CS(N)(=O)=O)CC1=O. The number of primary sulfonamides is 1. The van der Waals surface area contributed by atoms with E-state index in [1.165, 1.54) is 23.3 Å². The van der Waals surface area contributed by atoms with Crippen molar-refractivity contribution in [2.45, 2.75) is 13.3 Å². The molecule has 2 rings (SSSR count). The summed E-state index contributed by atoms with van der Waals surface area (Å²) in [6.07, 6.45) is 0.105. The van der Waals surface area contributed by atoms with Crippen LogP contribution in [-0.4, -0.2) is 39.7 Å². The number of thiophene rings is 1. The van der Waals surface area contributed by atoms with Gasteiger partial charge in [0.15, 0.2) is 0 Å². The van der Waals surface area contributed by atoms with E-state index in [1.807, 2.05) is 6.92 Å². The van der Waals surface area contributed by atoms with E-state index in [-0.39, 0.29) is 30.5 Å². The molecule has 2 heterocycles. The van der Waals surface area contributed by atoms with Crippen LogP contribution in [0, 0.1) is 12.8 Å². The summed E-state index contributed by atoms with van der Waals surface area (Å²) in [7, 11) is -2.36. The Morgan fingerprint density at radius 3 is 2.81 bits per heavy atom. The van der Waals surface area contributed by atoms with Gasteiger partial charge in [-0.15, -0.1) is 11.3 Å². The van der Waals surface area contributed by atoms with Crippen molar-refractivity contribution >= 4 is 38.2 Å². The summed E-state index contributed by atoms with van der Waals surface area (Å²) in [5, 5.41) is 5.52. The van der Waals surface area contributed by atoms with Gasteiger partial charge in [0.2, 0.25) is 15.9 Å². The number of aryl methyl sites for hydroxylation is 1. The van der Waals surface area contributed by atoms with E-state index in [2.05, 4.69) is 0 Å². The molecule has 1 fully saturated rings. The molecule has 0 saturated carbocycles. The Hall–Kier alpha value is -1.45. The third-order valence-electron chi connectivity index (χ3n) is 3.16. The molecule has 1 aromatic heterocycles. The Balaban J connectivity index is 2.27. The maximum Gasteiger partial charge on any atom is 0.340 e. The number of nitrogens with two attached hydrogens (primary N) is 1. The van der Waals surface area contributed by atoms with Crippen LogP contribution in [0.25, 0.3) is 0 Å².